The maximum Gasteiger partial charge on any atom is 0.122 e. The van der Waals surface area contributed by atoms with E-state index in [0.717, 1.165) is 43.9 Å². The molecule has 1 aromatic heterocycles. The quantitative estimate of drug-likeness (QED) is 0.880. The molecule has 1 fully saturated rings. The zero-order valence-electron chi connectivity index (χ0n) is 12.2. The van der Waals surface area contributed by atoms with Gasteiger partial charge in [-0.2, -0.15) is 0 Å². The van der Waals surface area contributed by atoms with Gasteiger partial charge in [-0.25, -0.2) is 0 Å². The van der Waals surface area contributed by atoms with E-state index in [4.69, 9.17) is 10.2 Å². The Morgan fingerprint density at radius 3 is 2.68 bits per heavy atom. The maximum absolute atomic E-state index is 10.2. The van der Waals surface area contributed by atoms with Gasteiger partial charge in [0.25, 0.3) is 0 Å². The van der Waals surface area contributed by atoms with Crippen molar-refractivity contribution in [2.45, 2.75) is 57.7 Å². The lowest BCUT2D eigenvalue weighted by Crippen LogP contribution is -2.40. The number of aryl methyl sites for hydroxylation is 1. The number of nitrogens with two attached hydrogens (primary N) is 1. The SMILES string of the molecule is Cc1ccc(C(C(C)N)N2CCCC(C)(O)CC2)o1. The van der Waals surface area contributed by atoms with Gasteiger partial charge < -0.3 is 15.3 Å². The molecule has 1 aromatic rings. The average Bonchev–Trinajstić information content (AvgIpc) is 2.63. The van der Waals surface area contributed by atoms with Crippen molar-refractivity contribution in [1.29, 1.82) is 0 Å². The summed E-state index contributed by atoms with van der Waals surface area (Å²) >= 11 is 0. The van der Waals surface area contributed by atoms with Crippen molar-refractivity contribution in [2.75, 3.05) is 13.1 Å². The van der Waals surface area contributed by atoms with Gasteiger partial charge in [0.05, 0.1) is 11.6 Å². The summed E-state index contributed by atoms with van der Waals surface area (Å²) in [6.07, 6.45) is 2.64. The van der Waals surface area contributed by atoms with Crippen LogP contribution in [0.1, 0.15) is 50.7 Å². The van der Waals surface area contributed by atoms with E-state index in [1.165, 1.54) is 0 Å². The minimum Gasteiger partial charge on any atom is -0.465 e. The summed E-state index contributed by atoms with van der Waals surface area (Å²) in [4.78, 5) is 2.35. The van der Waals surface area contributed by atoms with Crippen LogP contribution in [-0.4, -0.2) is 34.7 Å². The molecule has 1 saturated heterocycles. The van der Waals surface area contributed by atoms with E-state index in [-0.39, 0.29) is 12.1 Å². The number of hydrogen-bond donors (Lipinski definition) is 2. The Bertz CT molecular complexity index is 412. The molecule has 1 aliphatic heterocycles. The summed E-state index contributed by atoms with van der Waals surface area (Å²) in [5.74, 6) is 1.86. The fourth-order valence-corrected chi connectivity index (χ4v) is 2.95. The van der Waals surface area contributed by atoms with Crippen molar-refractivity contribution < 1.29 is 9.52 Å². The topological polar surface area (TPSA) is 62.6 Å². The van der Waals surface area contributed by atoms with E-state index >= 15 is 0 Å². The number of aliphatic hydroxyl groups is 1. The van der Waals surface area contributed by atoms with E-state index in [0.29, 0.717) is 0 Å². The van der Waals surface area contributed by atoms with Gasteiger partial charge in [0.2, 0.25) is 0 Å². The van der Waals surface area contributed by atoms with Crippen LogP contribution in [0.2, 0.25) is 0 Å². The Morgan fingerprint density at radius 2 is 2.11 bits per heavy atom. The summed E-state index contributed by atoms with van der Waals surface area (Å²) in [6.45, 7) is 7.72. The standard InChI is InChI=1S/C15H26N2O2/c1-11-5-6-13(19-11)14(12(2)16)17-9-4-7-15(3,18)8-10-17/h5-6,12,14,18H,4,7-10,16H2,1-3H3. The second-order valence-corrected chi connectivity index (χ2v) is 6.14. The smallest absolute Gasteiger partial charge is 0.122 e. The van der Waals surface area contributed by atoms with E-state index in [2.05, 4.69) is 4.90 Å². The molecule has 2 rings (SSSR count). The Labute approximate surface area is 115 Å². The first-order valence-electron chi connectivity index (χ1n) is 7.17. The molecule has 3 N–H and O–H groups in total. The fourth-order valence-electron chi connectivity index (χ4n) is 2.95. The molecule has 0 radical (unpaired) electrons. The lowest BCUT2D eigenvalue weighted by Gasteiger charge is -2.32. The summed E-state index contributed by atoms with van der Waals surface area (Å²) in [6, 6.07) is 4.11. The van der Waals surface area contributed by atoms with Crippen molar-refractivity contribution in [3.05, 3.63) is 23.7 Å². The Kier molecular flexibility index (Phi) is 4.33. The van der Waals surface area contributed by atoms with Gasteiger partial charge in [0.1, 0.15) is 11.5 Å². The number of nitrogens with zero attached hydrogens (tertiary/aromatic N) is 1. The number of rotatable bonds is 3. The van der Waals surface area contributed by atoms with Crippen LogP contribution < -0.4 is 5.73 Å². The number of hydrogen-bond acceptors (Lipinski definition) is 4. The second-order valence-electron chi connectivity index (χ2n) is 6.14. The summed E-state index contributed by atoms with van der Waals surface area (Å²) in [5, 5.41) is 10.2. The third-order valence-electron chi connectivity index (χ3n) is 4.04. The molecule has 0 bridgehead atoms. The molecule has 19 heavy (non-hydrogen) atoms. The van der Waals surface area contributed by atoms with Crippen LogP contribution in [-0.2, 0) is 0 Å². The van der Waals surface area contributed by atoms with Crippen molar-refractivity contribution in [3.63, 3.8) is 0 Å². The van der Waals surface area contributed by atoms with Crippen molar-refractivity contribution in [2.24, 2.45) is 5.73 Å². The summed E-state index contributed by atoms with van der Waals surface area (Å²) in [7, 11) is 0. The van der Waals surface area contributed by atoms with Crippen molar-refractivity contribution in [3.8, 4) is 0 Å². The molecule has 1 aliphatic rings. The molecule has 4 nitrogen and oxygen atoms in total. The van der Waals surface area contributed by atoms with Gasteiger partial charge in [-0.15, -0.1) is 0 Å². The van der Waals surface area contributed by atoms with Gasteiger partial charge >= 0.3 is 0 Å². The highest BCUT2D eigenvalue weighted by Crippen LogP contribution is 2.30. The van der Waals surface area contributed by atoms with E-state index in [1.54, 1.807) is 0 Å². The second kappa shape index (κ2) is 5.65. The first-order chi connectivity index (χ1) is 8.89. The third kappa shape index (κ3) is 3.59. The number of furan rings is 1. The zero-order valence-corrected chi connectivity index (χ0v) is 12.2. The largest absolute Gasteiger partial charge is 0.465 e. The molecule has 3 atom stereocenters. The normalized spacial score (nSPS) is 28.9. The van der Waals surface area contributed by atoms with Crippen LogP contribution in [0, 0.1) is 6.92 Å². The van der Waals surface area contributed by atoms with E-state index in [9.17, 15) is 5.11 Å². The Balaban J connectivity index is 2.15. The molecule has 0 amide bonds. The highest BCUT2D eigenvalue weighted by atomic mass is 16.3. The average molecular weight is 266 g/mol. The van der Waals surface area contributed by atoms with Crippen molar-refractivity contribution in [1.82, 2.24) is 4.90 Å². The molecular formula is C15H26N2O2. The monoisotopic (exact) mass is 266 g/mol. The van der Waals surface area contributed by atoms with Crippen LogP contribution in [0.4, 0.5) is 0 Å². The van der Waals surface area contributed by atoms with Crippen LogP contribution in [0.3, 0.4) is 0 Å². The highest BCUT2D eigenvalue weighted by molar-refractivity contribution is 5.12. The van der Waals surface area contributed by atoms with Crippen LogP contribution in [0.5, 0.6) is 0 Å². The fraction of sp³-hybridized carbons (Fsp3) is 0.733. The molecule has 0 saturated carbocycles. The van der Waals surface area contributed by atoms with E-state index in [1.807, 2.05) is 32.9 Å². The predicted octanol–water partition coefficient (Wildman–Crippen LogP) is 2.21. The van der Waals surface area contributed by atoms with Crippen LogP contribution >= 0.6 is 0 Å². The molecule has 0 aromatic carbocycles. The van der Waals surface area contributed by atoms with Gasteiger partial charge in [-0.3, -0.25) is 4.90 Å². The summed E-state index contributed by atoms with van der Waals surface area (Å²) in [5.41, 5.74) is 5.62. The minimum atomic E-state index is -0.545. The van der Waals surface area contributed by atoms with Crippen molar-refractivity contribution >= 4 is 0 Å². The van der Waals surface area contributed by atoms with E-state index < -0.39 is 5.60 Å². The maximum atomic E-state index is 10.2. The lowest BCUT2D eigenvalue weighted by molar-refractivity contribution is 0.0416. The van der Waals surface area contributed by atoms with Gasteiger partial charge in [-0.1, -0.05) is 0 Å². The highest BCUT2D eigenvalue weighted by Gasteiger charge is 2.31. The first-order valence-corrected chi connectivity index (χ1v) is 7.17. The predicted molar refractivity (Wildman–Crippen MR) is 75.9 cm³/mol. The molecule has 108 valence electrons. The zero-order chi connectivity index (χ0) is 14.0. The molecule has 0 spiro atoms. The molecule has 4 heteroatoms. The minimum absolute atomic E-state index is 0.00796. The van der Waals surface area contributed by atoms with Gasteiger partial charge in [-0.05, 0) is 58.7 Å². The molecule has 0 aliphatic carbocycles. The first kappa shape index (κ1) is 14.6. The van der Waals surface area contributed by atoms with Gasteiger partial charge in [0.15, 0.2) is 0 Å². The lowest BCUT2D eigenvalue weighted by atomic mass is 9.98. The van der Waals surface area contributed by atoms with Crippen LogP contribution in [0.15, 0.2) is 16.5 Å². The molecule has 3 unspecified atom stereocenters. The Hall–Kier alpha value is -0.840. The molecular weight excluding hydrogens is 240 g/mol. The third-order valence-corrected chi connectivity index (χ3v) is 4.04. The van der Waals surface area contributed by atoms with Gasteiger partial charge in [0, 0.05) is 12.6 Å². The van der Waals surface area contributed by atoms with Crippen LogP contribution in [0.25, 0.3) is 0 Å². The molecule has 2 heterocycles. The Morgan fingerprint density at radius 1 is 1.37 bits per heavy atom. The summed E-state index contributed by atoms with van der Waals surface area (Å²) < 4.78 is 5.77. The number of likely N-dealkylation sites (tertiary alicyclic amines) is 1.